The fourth-order valence-corrected chi connectivity index (χ4v) is 3.45. The third kappa shape index (κ3) is 5.39. The largest absolute Gasteiger partial charge is 0.385 e. The lowest BCUT2D eigenvalue weighted by atomic mass is 10.2. The maximum Gasteiger partial charge on any atom is 0.243 e. The van der Waals surface area contributed by atoms with Gasteiger partial charge in [0.2, 0.25) is 10.0 Å². The van der Waals surface area contributed by atoms with Gasteiger partial charge in [0.1, 0.15) is 0 Å². The van der Waals surface area contributed by atoms with E-state index >= 15 is 0 Å². The molecule has 1 aromatic carbocycles. The second-order valence-corrected chi connectivity index (χ2v) is 6.97. The highest BCUT2D eigenvalue weighted by molar-refractivity contribution is 7.89. The highest BCUT2D eigenvalue weighted by Crippen LogP contribution is 2.19. The SMILES string of the molecule is CCCNCc1ccccc1S(=O)(=O)N(C)CCCOC. The number of sulfonamides is 1. The first-order chi connectivity index (χ1) is 10.0. The van der Waals surface area contributed by atoms with Crippen molar-refractivity contribution in [1.29, 1.82) is 0 Å². The Morgan fingerprint density at radius 2 is 2.00 bits per heavy atom. The first-order valence-electron chi connectivity index (χ1n) is 7.28. The van der Waals surface area contributed by atoms with E-state index in [1.165, 1.54) is 4.31 Å². The molecule has 5 nitrogen and oxygen atoms in total. The van der Waals surface area contributed by atoms with Crippen molar-refractivity contribution in [3.8, 4) is 0 Å². The van der Waals surface area contributed by atoms with Crippen molar-refractivity contribution >= 4 is 10.0 Å². The van der Waals surface area contributed by atoms with Gasteiger partial charge in [-0.2, -0.15) is 0 Å². The molecule has 1 aromatic rings. The van der Waals surface area contributed by atoms with Crippen LogP contribution in [-0.2, 0) is 21.3 Å². The summed E-state index contributed by atoms with van der Waals surface area (Å²) in [7, 11) is -0.223. The van der Waals surface area contributed by atoms with Crippen LogP contribution < -0.4 is 5.32 Å². The summed E-state index contributed by atoms with van der Waals surface area (Å²) in [6.45, 7) is 4.53. The Morgan fingerprint density at radius 3 is 2.67 bits per heavy atom. The van der Waals surface area contributed by atoms with Gasteiger partial charge in [0.25, 0.3) is 0 Å². The molecule has 0 heterocycles. The zero-order valence-electron chi connectivity index (χ0n) is 13.1. The predicted molar refractivity (Wildman–Crippen MR) is 84.7 cm³/mol. The van der Waals surface area contributed by atoms with Crippen LogP contribution >= 0.6 is 0 Å². The molecule has 0 atom stereocenters. The van der Waals surface area contributed by atoms with Crippen LogP contribution in [0.1, 0.15) is 25.3 Å². The van der Waals surface area contributed by atoms with Crippen LogP contribution in [0.4, 0.5) is 0 Å². The summed E-state index contributed by atoms with van der Waals surface area (Å²) in [4.78, 5) is 0.383. The summed E-state index contributed by atoms with van der Waals surface area (Å²) in [6.07, 6.45) is 1.70. The average Bonchev–Trinajstić information content (AvgIpc) is 2.48. The second-order valence-electron chi connectivity index (χ2n) is 4.96. The first-order valence-corrected chi connectivity index (χ1v) is 8.72. The molecule has 0 aliphatic heterocycles. The molecule has 6 heteroatoms. The third-order valence-corrected chi connectivity index (χ3v) is 5.18. The first kappa shape index (κ1) is 18.1. The van der Waals surface area contributed by atoms with Gasteiger partial charge in [0.05, 0.1) is 4.90 Å². The van der Waals surface area contributed by atoms with Crippen molar-refractivity contribution in [2.75, 3.05) is 33.9 Å². The van der Waals surface area contributed by atoms with Crippen LogP contribution in [0.15, 0.2) is 29.2 Å². The average molecular weight is 314 g/mol. The fourth-order valence-electron chi connectivity index (χ4n) is 2.02. The zero-order chi connectivity index (χ0) is 15.7. The monoisotopic (exact) mass is 314 g/mol. The molecule has 120 valence electrons. The highest BCUT2D eigenvalue weighted by Gasteiger charge is 2.22. The number of benzene rings is 1. The lowest BCUT2D eigenvalue weighted by Gasteiger charge is -2.19. The molecule has 0 saturated heterocycles. The lowest BCUT2D eigenvalue weighted by molar-refractivity contribution is 0.189. The molecule has 0 saturated carbocycles. The van der Waals surface area contributed by atoms with Gasteiger partial charge in [-0.05, 0) is 31.0 Å². The minimum Gasteiger partial charge on any atom is -0.385 e. The van der Waals surface area contributed by atoms with E-state index in [0.29, 0.717) is 31.0 Å². The predicted octanol–water partition coefficient (Wildman–Crippen LogP) is 1.84. The zero-order valence-corrected chi connectivity index (χ0v) is 13.9. The van der Waals surface area contributed by atoms with Gasteiger partial charge in [-0.25, -0.2) is 12.7 Å². The Hall–Kier alpha value is -0.950. The molecule has 0 fully saturated rings. The molecule has 0 aromatic heterocycles. The van der Waals surface area contributed by atoms with Gasteiger partial charge < -0.3 is 10.1 Å². The summed E-state index contributed by atoms with van der Waals surface area (Å²) in [5.74, 6) is 0. The van der Waals surface area contributed by atoms with Gasteiger partial charge in [-0.1, -0.05) is 25.1 Å². The molecule has 0 radical (unpaired) electrons. The van der Waals surface area contributed by atoms with E-state index in [-0.39, 0.29) is 0 Å². The van der Waals surface area contributed by atoms with E-state index in [2.05, 4.69) is 12.2 Å². The van der Waals surface area contributed by atoms with Crippen molar-refractivity contribution in [3.05, 3.63) is 29.8 Å². The van der Waals surface area contributed by atoms with Gasteiger partial charge in [0, 0.05) is 33.9 Å². The summed E-state index contributed by atoms with van der Waals surface area (Å²) in [5, 5.41) is 3.25. The smallest absolute Gasteiger partial charge is 0.243 e. The number of nitrogens with zero attached hydrogens (tertiary/aromatic N) is 1. The Kier molecular flexibility index (Phi) is 7.88. The summed E-state index contributed by atoms with van der Waals surface area (Å²) in [6, 6.07) is 7.16. The van der Waals surface area contributed by atoms with Crippen LogP contribution in [0.2, 0.25) is 0 Å². The summed E-state index contributed by atoms with van der Waals surface area (Å²) >= 11 is 0. The number of hydrogen-bond donors (Lipinski definition) is 1. The van der Waals surface area contributed by atoms with Gasteiger partial charge in [0.15, 0.2) is 0 Å². The van der Waals surface area contributed by atoms with Crippen molar-refractivity contribution in [1.82, 2.24) is 9.62 Å². The topological polar surface area (TPSA) is 58.6 Å². The Bertz CT molecular complexity index is 517. The number of hydrogen-bond acceptors (Lipinski definition) is 4. The number of nitrogens with one attached hydrogen (secondary N) is 1. The van der Waals surface area contributed by atoms with E-state index in [9.17, 15) is 8.42 Å². The molecule has 21 heavy (non-hydrogen) atoms. The molecule has 0 aliphatic carbocycles. The van der Waals surface area contributed by atoms with Crippen LogP contribution in [0.5, 0.6) is 0 Å². The molecule has 0 bridgehead atoms. The molecule has 1 rings (SSSR count). The van der Waals surface area contributed by atoms with Crippen molar-refractivity contribution in [3.63, 3.8) is 0 Å². The van der Waals surface area contributed by atoms with Gasteiger partial charge in [-0.15, -0.1) is 0 Å². The van der Waals surface area contributed by atoms with Gasteiger partial charge in [-0.3, -0.25) is 0 Å². The molecule has 0 unspecified atom stereocenters. The van der Waals surface area contributed by atoms with Crippen molar-refractivity contribution in [2.24, 2.45) is 0 Å². The third-order valence-electron chi connectivity index (χ3n) is 3.22. The number of ether oxygens (including phenoxy) is 1. The molecule has 0 aliphatic rings. The van der Waals surface area contributed by atoms with E-state index in [4.69, 9.17) is 4.74 Å². The minimum absolute atomic E-state index is 0.383. The minimum atomic E-state index is -3.45. The van der Waals surface area contributed by atoms with E-state index in [1.807, 2.05) is 12.1 Å². The Labute approximate surface area is 128 Å². The lowest BCUT2D eigenvalue weighted by Crippen LogP contribution is -2.30. The number of rotatable bonds is 10. The summed E-state index contributed by atoms with van der Waals surface area (Å²) < 4.78 is 31.6. The summed E-state index contributed by atoms with van der Waals surface area (Å²) in [5.41, 5.74) is 0.810. The quantitative estimate of drug-likeness (QED) is 0.670. The number of methoxy groups -OCH3 is 1. The molecule has 0 amide bonds. The van der Waals surface area contributed by atoms with E-state index in [1.54, 1.807) is 26.3 Å². The van der Waals surface area contributed by atoms with Crippen LogP contribution in [0.25, 0.3) is 0 Å². The molecule has 1 N–H and O–H groups in total. The van der Waals surface area contributed by atoms with E-state index < -0.39 is 10.0 Å². The van der Waals surface area contributed by atoms with Crippen molar-refractivity contribution < 1.29 is 13.2 Å². The standard InChI is InChI=1S/C15H26N2O3S/c1-4-10-16-13-14-8-5-6-9-15(14)21(18,19)17(2)11-7-12-20-3/h5-6,8-9,16H,4,7,10-13H2,1-3H3. The maximum atomic E-state index is 12.6. The van der Waals surface area contributed by atoms with Crippen LogP contribution in [0.3, 0.4) is 0 Å². The molecule has 0 spiro atoms. The fraction of sp³-hybridized carbons (Fsp3) is 0.600. The van der Waals surface area contributed by atoms with E-state index in [0.717, 1.165) is 18.5 Å². The highest BCUT2D eigenvalue weighted by atomic mass is 32.2. The van der Waals surface area contributed by atoms with Crippen molar-refractivity contribution in [2.45, 2.75) is 31.2 Å². The maximum absolute atomic E-state index is 12.6. The molecular formula is C15H26N2O3S. The van der Waals surface area contributed by atoms with Crippen LogP contribution in [-0.4, -0.2) is 46.6 Å². The molecular weight excluding hydrogens is 288 g/mol. The Morgan fingerprint density at radius 1 is 1.29 bits per heavy atom. The Balaban J connectivity index is 2.86. The van der Waals surface area contributed by atoms with Gasteiger partial charge >= 0.3 is 0 Å². The normalized spacial score (nSPS) is 12.0. The second kappa shape index (κ2) is 9.15. The van der Waals surface area contributed by atoms with Crippen LogP contribution in [0, 0.1) is 0 Å².